The average molecular weight is 426 g/mol. The number of nitrogens with zero attached hydrogens (tertiary/aromatic N) is 2. The first-order chi connectivity index (χ1) is 14.9. The molecule has 3 rings (SSSR count). The van der Waals surface area contributed by atoms with Gasteiger partial charge in [-0.1, -0.05) is 13.0 Å². The Morgan fingerprint density at radius 1 is 1.10 bits per heavy atom. The number of hydrogen-bond acceptors (Lipinski definition) is 7. The highest BCUT2D eigenvalue weighted by Gasteiger charge is 2.29. The highest BCUT2D eigenvalue weighted by molar-refractivity contribution is 6.06. The Morgan fingerprint density at radius 3 is 2.48 bits per heavy atom. The van der Waals surface area contributed by atoms with Gasteiger partial charge in [0.1, 0.15) is 5.70 Å². The summed E-state index contributed by atoms with van der Waals surface area (Å²) in [5.74, 6) is -2.04. The van der Waals surface area contributed by atoms with Gasteiger partial charge >= 0.3 is 17.9 Å². The highest BCUT2D eigenvalue weighted by atomic mass is 16.5. The van der Waals surface area contributed by atoms with Crippen LogP contribution in [0.4, 0.5) is 11.4 Å². The summed E-state index contributed by atoms with van der Waals surface area (Å²) in [6.45, 7) is 3.72. The summed E-state index contributed by atoms with van der Waals surface area (Å²) in [7, 11) is 2.43. The van der Waals surface area contributed by atoms with E-state index in [0.29, 0.717) is 17.3 Å². The molecular formula is C23H26N2O6. The predicted octanol–water partition coefficient (Wildman–Crippen LogP) is 3.11. The minimum Gasteiger partial charge on any atom is -0.478 e. The van der Waals surface area contributed by atoms with Crippen molar-refractivity contribution in [2.75, 3.05) is 37.1 Å². The van der Waals surface area contributed by atoms with E-state index in [2.05, 4.69) is 11.8 Å². The molecule has 0 saturated carbocycles. The molecule has 31 heavy (non-hydrogen) atoms. The van der Waals surface area contributed by atoms with Crippen LogP contribution in [0.15, 0.2) is 53.9 Å². The Bertz CT molecular complexity index is 978. The van der Waals surface area contributed by atoms with Crippen LogP contribution in [-0.2, 0) is 19.1 Å². The fourth-order valence-electron chi connectivity index (χ4n) is 3.89. The Kier molecular flexibility index (Phi) is 6.79. The van der Waals surface area contributed by atoms with Crippen molar-refractivity contribution in [3.63, 3.8) is 0 Å². The maximum absolute atomic E-state index is 12.6. The summed E-state index contributed by atoms with van der Waals surface area (Å²) < 4.78 is 9.71. The smallest absolute Gasteiger partial charge is 0.355 e. The molecule has 2 aliphatic rings. The van der Waals surface area contributed by atoms with E-state index in [1.54, 1.807) is 30.5 Å². The standard InChI is InChI=1S/C23H26N2O6/c1-15-7-6-11-24(14-15)19-10-9-16(13-18(19)21(26)27)25-12-5-4-8-17(22(28)30-2)20(25)23(29)31-3/h4-5,8-10,12-13,15H,6-7,11,14H2,1-3H3,(H,26,27). The van der Waals surface area contributed by atoms with Crippen LogP contribution in [0, 0.1) is 5.92 Å². The SMILES string of the molecule is COC(=O)C1=C(C(=O)OC)N(c2ccc(N3CCCC(C)C3)c(C(=O)O)c2)C=CC=C1. The van der Waals surface area contributed by atoms with Crippen LogP contribution in [0.5, 0.6) is 0 Å². The number of carbonyl (C=O) groups excluding carboxylic acids is 2. The van der Waals surface area contributed by atoms with Crippen molar-refractivity contribution in [1.29, 1.82) is 0 Å². The third-order valence-corrected chi connectivity index (χ3v) is 5.38. The molecule has 8 heteroatoms. The Morgan fingerprint density at radius 2 is 1.84 bits per heavy atom. The van der Waals surface area contributed by atoms with Crippen LogP contribution < -0.4 is 9.80 Å². The number of carboxylic acid groups (broad SMARTS) is 1. The molecule has 1 aromatic rings. The van der Waals surface area contributed by atoms with Crippen LogP contribution >= 0.6 is 0 Å². The third-order valence-electron chi connectivity index (χ3n) is 5.38. The molecule has 164 valence electrons. The number of ether oxygens (including phenoxy) is 2. The maximum atomic E-state index is 12.6. The van der Waals surface area contributed by atoms with Crippen LogP contribution in [-0.4, -0.2) is 50.3 Å². The molecule has 1 atom stereocenters. The number of carbonyl (C=O) groups is 3. The minimum absolute atomic E-state index is 0.00477. The second-order valence-electron chi connectivity index (χ2n) is 7.52. The van der Waals surface area contributed by atoms with Gasteiger partial charge in [-0.05, 0) is 49.1 Å². The number of allylic oxidation sites excluding steroid dienone is 2. The molecule has 1 aromatic carbocycles. The fraction of sp³-hybridized carbons (Fsp3) is 0.348. The van der Waals surface area contributed by atoms with Gasteiger partial charge in [0, 0.05) is 25.0 Å². The molecule has 1 unspecified atom stereocenters. The van der Waals surface area contributed by atoms with Gasteiger partial charge in [0.05, 0.1) is 31.0 Å². The maximum Gasteiger partial charge on any atom is 0.355 e. The Balaban J connectivity index is 2.11. The molecule has 2 aliphatic heterocycles. The average Bonchev–Trinajstić information content (AvgIpc) is 3.00. The molecular weight excluding hydrogens is 400 g/mol. The number of aromatic carboxylic acids is 1. The number of piperidine rings is 1. The summed E-state index contributed by atoms with van der Waals surface area (Å²) >= 11 is 0. The van der Waals surface area contributed by atoms with Gasteiger partial charge in [0.15, 0.2) is 0 Å². The lowest BCUT2D eigenvalue weighted by atomic mass is 9.98. The first kappa shape index (κ1) is 22.1. The first-order valence-corrected chi connectivity index (χ1v) is 10.0. The van der Waals surface area contributed by atoms with Gasteiger partial charge in [-0.3, -0.25) is 0 Å². The van der Waals surface area contributed by atoms with Crippen LogP contribution in [0.3, 0.4) is 0 Å². The van der Waals surface area contributed by atoms with Crippen molar-refractivity contribution >= 4 is 29.3 Å². The number of carboxylic acids is 1. The topological polar surface area (TPSA) is 96.4 Å². The quantitative estimate of drug-likeness (QED) is 0.718. The number of methoxy groups -OCH3 is 2. The van der Waals surface area contributed by atoms with Gasteiger partial charge in [0.2, 0.25) is 0 Å². The Hall–Kier alpha value is -3.55. The molecule has 1 saturated heterocycles. The van der Waals surface area contributed by atoms with E-state index in [9.17, 15) is 19.5 Å². The normalized spacial score (nSPS) is 18.6. The van der Waals surface area contributed by atoms with E-state index >= 15 is 0 Å². The molecule has 2 heterocycles. The van der Waals surface area contributed by atoms with E-state index < -0.39 is 17.9 Å². The lowest BCUT2D eigenvalue weighted by molar-refractivity contribution is -0.139. The largest absolute Gasteiger partial charge is 0.478 e. The van der Waals surface area contributed by atoms with Crippen LogP contribution in [0.1, 0.15) is 30.1 Å². The van der Waals surface area contributed by atoms with E-state index in [1.165, 1.54) is 31.3 Å². The summed E-state index contributed by atoms with van der Waals surface area (Å²) in [5.41, 5.74) is 1.12. The number of esters is 2. The lowest BCUT2D eigenvalue weighted by Crippen LogP contribution is -2.35. The summed E-state index contributed by atoms with van der Waals surface area (Å²) in [4.78, 5) is 40.5. The van der Waals surface area contributed by atoms with Gasteiger partial charge in [-0.15, -0.1) is 0 Å². The molecule has 0 bridgehead atoms. The van der Waals surface area contributed by atoms with Gasteiger partial charge < -0.3 is 24.4 Å². The van der Waals surface area contributed by atoms with Crippen molar-refractivity contribution < 1.29 is 29.0 Å². The summed E-state index contributed by atoms with van der Waals surface area (Å²) in [5, 5.41) is 9.89. The highest BCUT2D eigenvalue weighted by Crippen LogP contribution is 2.33. The van der Waals surface area contributed by atoms with Gasteiger partial charge in [-0.2, -0.15) is 0 Å². The molecule has 0 aromatic heterocycles. The predicted molar refractivity (Wildman–Crippen MR) is 116 cm³/mol. The molecule has 0 radical (unpaired) electrons. The zero-order valence-corrected chi connectivity index (χ0v) is 17.8. The molecule has 1 fully saturated rings. The molecule has 1 N–H and O–H groups in total. The van der Waals surface area contributed by atoms with Crippen molar-refractivity contribution in [2.24, 2.45) is 5.92 Å². The van der Waals surface area contributed by atoms with Gasteiger partial charge in [0.25, 0.3) is 0 Å². The number of anilines is 2. The fourth-order valence-corrected chi connectivity index (χ4v) is 3.89. The van der Waals surface area contributed by atoms with Crippen LogP contribution in [0.25, 0.3) is 0 Å². The van der Waals surface area contributed by atoms with Crippen molar-refractivity contribution in [2.45, 2.75) is 19.8 Å². The van der Waals surface area contributed by atoms with E-state index in [0.717, 1.165) is 25.9 Å². The first-order valence-electron chi connectivity index (χ1n) is 10.0. The second-order valence-corrected chi connectivity index (χ2v) is 7.52. The van der Waals surface area contributed by atoms with Crippen molar-refractivity contribution in [3.8, 4) is 0 Å². The lowest BCUT2D eigenvalue weighted by Gasteiger charge is -2.34. The number of rotatable bonds is 5. The van der Waals surface area contributed by atoms with Crippen molar-refractivity contribution in [1.82, 2.24) is 0 Å². The van der Waals surface area contributed by atoms with Gasteiger partial charge in [-0.25, -0.2) is 14.4 Å². The molecule has 0 aliphatic carbocycles. The van der Waals surface area contributed by atoms with Crippen LogP contribution in [0.2, 0.25) is 0 Å². The molecule has 0 amide bonds. The number of benzene rings is 1. The zero-order chi connectivity index (χ0) is 22.5. The molecule has 0 spiro atoms. The zero-order valence-electron chi connectivity index (χ0n) is 17.8. The van der Waals surface area contributed by atoms with Crippen molar-refractivity contribution in [3.05, 3.63) is 59.5 Å². The van der Waals surface area contributed by atoms with E-state index in [1.807, 2.05) is 0 Å². The Labute approximate surface area is 181 Å². The minimum atomic E-state index is -1.07. The summed E-state index contributed by atoms with van der Waals surface area (Å²) in [6, 6.07) is 4.98. The number of hydrogen-bond donors (Lipinski definition) is 1. The summed E-state index contributed by atoms with van der Waals surface area (Å²) in [6.07, 6.45) is 8.38. The second kappa shape index (κ2) is 9.51. The third kappa shape index (κ3) is 4.63. The monoisotopic (exact) mass is 426 g/mol. The van der Waals surface area contributed by atoms with E-state index in [4.69, 9.17) is 9.47 Å². The molecule has 8 nitrogen and oxygen atoms in total. The van der Waals surface area contributed by atoms with E-state index in [-0.39, 0.29) is 16.8 Å².